The van der Waals surface area contributed by atoms with Crippen molar-refractivity contribution < 1.29 is 24.2 Å². The summed E-state index contributed by atoms with van der Waals surface area (Å²) in [6.07, 6.45) is 7.02. The molecule has 0 amide bonds. The van der Waals surface area contributed by atoms with E-state index in [1.54, 1.807) is 6.92 Å². The number of hydrogen-bond acceptors (Lipinski definition) is 5. The highest BCUT2D eigenvalue weighted by Crippen LogP contribution is 2.66. The quantitative estimate of drug-likeness (QED) is 0.723. The minimum atomic E-state index is -0.344. The fourth-order valence-corrected chi connectivity index (χ4v) is 7.93. The van der Waals surface area contributed by atoms with Gasteiger partial charge in [-0.3, -0.25) is 14.4 Å². The summed E-state index contributed by atoms with van der Waals surface area (Å²) in [5, 5.41) is 10.2. The van der Waals surface area contributed by atoms with E-state index in [0.29, 0.717) is 30.0 Å². The van der Waals surface area contributed by atoms with Crippen LogP contribution in [0.3, 0.4) is 0 Å². The van der Waals surface area contributed by atoms with Crippen LogP contribution in [0.25, 0.3) is 0 Å². The third-order valence-corrected chi connectivity index (χ3v) is 9.37. The number of carbonyl (C=O) groups is 3. The number of esters is 1. The van der Waals surface area contributed by atoms with Crippen LogP contribution in [-0.4, -0.2) is 35.4 Å². The molecule has 4 aliphatic carbocycles. The van der Waals surface area contributed by atoms with E-state index in [9.17, 15) is 19.5 Å². The maximum Gasteiger partial charge on any atom is 0.305 e. The van der Waals surface area contributed by atoms with Crippen LogP contribution < -0.4 is 0 Å². The van der Waals surface area contributed by atoms with Crippen molar-refractivity contribution in [3.05, 3.63) is 0 Å². The Hall–Kier alpha value is -1.23. The molecule has 4 saturated carbocycles. The number of carbonyl (C=O) groups excluding carboxylic acids is 3. The van der Waals surface area contributed by atoms with E-state index in [1.807, 2.05) is 0 Å². The van der Waals surface area contributed by atoms with Crippen LogP contribution in [0, 0.1) is 40.4 Å². The van der Waals surface area contributed by atoms with E-state index in [0.717, 1.165) is 44.9 Å². The van der Waals surface area contributed by atoms with Gasteiger partial charge in [-0.25, -0.2) is 0 Å². The molecule has 0 radical (unpaired) electrons. The Morgan fingerprint density at radius 1 is 1.10 bits per heavy atom. The molecular weight excluding hydrogens is 368 g/mol. The van der Waals surface area contributed by atoms with E-state index < -0.39 is 0 Å². The molecule has 5 heteroatoms. The molecule has 0 unspecified atom stereocenters. The first-order valence-electron chi connectivity index (χ1n) is 11.6. The van der Waals surface area contributed by atoms with Crippen molar-refractivity contribution >= 4 is 17.5 Å². The molecule has 0 aromatic rings. The zero-order valence-electron chi connectivity index (χ0n) is 18.1. The van der Waals surface area contributed by atoms with Crippen LogP contribution in [-0.2, 0) is 19.1 Å². The van der Waals surface area contributed by atoms with Gasteiger partial charge in [0.25, 0.3) is 0 Å². The molecule has 4 fully saturated rings. The summed E-state index contributed by atoms with van der Waals surface area (Å²) in [6.45, 7) is 6.01. The van der Waals surface area contributed by atoms with Crippen molar-refractivity contribution in [3.8, 4) is 0 Å². The molecule has 1 N–H and O–H groups in total. The van der Waals surface area contributed by atoms with Gasteiger partial charge in [-0.05, 0) is 73.5 Å². The van der Waals surface area contributed by atoms with Gasteiger partial charge in [-0.2, -0.15) is 0 Å². The molecule has 0 bridgehead atoms. The first-order chi connectivity index (χ1) is 13.7. The van der Waals surface area contributed by atoms with Crippen molar-refractivity contribution in [2.45, 2.75) is 84.7 Å². The number of rotatable bonds is 4. The minimum Gasteiger partial charge on any atom is -0.458 e. The summed E-state index contributed by atoms with van der Waals surface area (Å²) in [5.41, 5.74) is -0.301. The lowest BCUT2D eigenvalue weighted by Gasteiger charge is -2.59. The molecule has 0 aromatic heterocycles. The molecule has 0 heterocycles. The normalized spacial score (nSPS) is 46.4. The van der Waals surface area contributed by atoms with Crippen molar-refractivity contribution in [1.29, 1.82) is 0 Å². The fraction of sp³-hybridized carbons (Fsp3) is 0.875. The predicted molar refractivity (Wildman–Crippen MR) is 108 cm³/mol. The van der Waals surface area contributed by atoms with Gasteiger partial charge >= 0.3 is 5.97 Å². The summed E-state index contributed by atoms with van der Waals surface area (Å²) in [5.74, 6) is 1.07. The Kier molecular flexibility index (Phi) is 5.42. The number of Topliss-reactive ketones (excluding diaryl/α,β-unsaturated/α-hetero) is 2. The lowest BCUT2D eigenvalue weighted by molar-refractivity contribution is -0.164. The fourth-order valence-electron chi connectivity index (χ4n) is 7.93. The van der Waals surface area contributed by atoms with E-state index in [1.165, 1.54) is 0 Å². The molecule has 0 spiro atoms. The topological polar surface area (TPSA) is 80.7 Å². The molecule has 5 nitrogen and oxygen atoms in total. The van der Waals surface area contributed by atoms with Crippen LogP contribution in [0.4, 0.5) is 0 Å². The van der Waals surface area contributed by atoms with E-state index in [2.05, 4.69) is 13.8 Å². The van der Waals surface area contributed by atoms with Crippen molar-refractivity contribution in [1.82, 2.24) is 0 Å². The van der Waals surface area contributed by atoms with Gasteiger partial charge in [-0.1, -0.05) is 20.8 Å². The average molecular weight is 405 g/mol. The zero-order valence-corrected chi connectivity index (χ0v) is 18.1. The highest BCUT2D eigenvalue weighted by molar-refractivity contribution is 5.89. The summed E-state index contributed by atoms with van der Waals surface area (Å²) in [4.78, 5) is 37.9. The van der Waals surface area contributed by atoms with Crippen molar-refractivity contribution in [2.75, 3.05) is 6.61 Å². The van der Waals surface area contributed by atoms with Crippen LogP contribution in [0.2, 0.25) is 0 Å². The summed E-state index contributed by atoms with van der Waals surface area (Å²) < 4.78 is 5.12. The Balaban J connectivity index is 1.55. The maximum atomic E-state index is 13.5. The lowest BCUT2D eigenvalue weighted by atomic mass is 9.44. The van der Waals surface area contributed by atoms with Gasteiger partial charge < -0.3 is 9.84 Å². The number of hydrogen-bond donors (Lipinski definition) is 1. The zero-order chi connectivity index (χ0) is 21.0. The molecule has 0 aliphatic heterocycles. The highest BCUT2D eigenvalue weighted by Gasteiger charge is 2.64. The van der Waals surface area contributed by atoms with Crippen molar-refractivity contribution in [2.24, 2.45) is 40.4 Å². The van der Waals surface area contributed by atoms with Crippen LogP contribution in [0.15, 0.2) is 0 Å². The van der Waals surface area contributed by atoms with E-state index >= 15 is 0 Å². The van der Waals surface area contributed by atoms with E-state index in [-0.39, 0.29) is 53.6 Å². The summed E-state index contributed by atoms with van der Waals surface area (Å²) in [7, 11) is 0. The monoisotopic (exact) mass is 404 g/mol. The highest BCUT2D eigenvalue weighted by atomic mass is 16.5. The van der Waals surface area contributed by atoms with Crippen molar-refractivity contribution in [3.63, 3.8) is 0 Å². The third kappa shape index (κ3) is 3.28. The molecule has 162 valence electrons. The van der Waals surface area contributed by atoms with Gasteiger partial charge in [0, 0.05) is 24.7 Å². The number of fused-ring (bicyclic) bond motifs is 5. The third-order valence-electron chi connectivity index (χ3n) is 9.37. The number of aliphatic hydroxyl groups is 1. The molecule has 4 aliphatic rings. The largest absolute Gasteiger partial charge is 0.458 e. The second-order valence-electron chi connectivity index (χ2n) is 10.7. The van der Waals surface area contributed by atoms with Crippen LogP contribution >= 0.6 is 0 Å². The molecule has 0 aromatic carbocycles. The van der Waals surface area contributed by atoms with Gasteiger partial charge in [-0.15, -0.1) is 0 Å². The number of ether oxygens (including phenoxy) is 1. The van der Waals surface area contributed by atoms with Crippen LogP contribution in [0.1, 0.15) is 78.6 Å². The van der Waals surface area contributed by atoms with E-state index in [4.69, 9.17) is 4.74 Å². The predicted octanol–water partition coefficient (Wildman–Crippen LogP) is 3.71. The minimum absolute atomic E-state index is 0.000683. The number of ketones is 2. The molecular formula is C24H36O5. The summed E-state index contributed by atoms with van der Waals surface area (Å²) >= 11 is 0. The first kappa shape index (κ1) is 21.0. The maximum absolute atomic E-state index is 13.5. The Bertz CT molecular complexity index is 701. The van der Waals surface area contributed by atoms with Gasteiger partial charge in [0.2, 0.25) is 0 Å². The summed E-state index contributed by atoms with van der Waals surface area (Å²) in [6, 6.07) is 0. The average Bonchev–Trinajstić information content (AvgIpc) is 3.02. The molecule has 29 heavy (non-hydrogen) atoms. The molecule has 0 saturated heterocycles. The SMILES string of the molecule is CCC(=O)OCC(=O)[C@H]1CC[C@H]2[C@@H]3CC[C@H]4C[C@H](O)CC[C@]4(C)[C@H]3C(=O)C[C@]12C. The molecule has 4 rings (SSSR count). The van der Waals surface area contributed by atoms with Gasteiger partial charge in [0.05, 0.1) is 6.10 Å². The molecule has 8 atom stereocenters. The lowest BCUT2D eigenvalue weighted by Crippen LogP contribution is -2.58. The Morgan fingerprint density at radius 3 is 2.59 bits per heavy atom. The second-order valence-corrected chi connectivity index (χ2v) is 10.7. The Labute approximate surface area is 174 Å². The number of aliphatic hydroxyl groups excluding tert-OH is 1. The van der Waals surface area contributed by atoms with Crippen LogP contribution in [0.5, 0.6) is 0 Å². The second kappa shape index (κ2) is 7.47. The van der Waals surface area contributed by atoms with Gasteiger partial charge in [0.1, 0.15) is 12.4 Å². The van der Waals surface area contributed by atoms with Gasteiger partial charge in [0.15, 0.2) is 5.78 Å². The smallest absolute Gasteiger partial charge is 0.305 e. The standard InChI is InChI=1S/C24H36O5/c1-4-21(28)29-13-20(27)18-8-7-17-16-6-5-14-11-15(25)9-10-23(14,2)22(16)19(26)12-24(17,18)3/h14-18,22,25H,4-13H2,1-3H3/t14-,15+,16-,17-,18+,22+,23-,24-/m0/s1. The Morgan fingerprint density at radius 2 is 1.86 bits per heavy atom. The first-order valence-corrected chi connectivity index (χ1v) is 11.6.